The van der Waals surface area contributed by atoms with Gasteiger partial charge in [-0.05, 0) is 23.6 Å². The molecule has 0 bridgehead atoms. The molecule has 2 rings (SSSR count). The van der Waals surface area contributed by atoms with Crippen LogP contribution in [0.25, 0.3) is 10.9 Å². The van der Waals surface area contributed by atoms with E-state index in [0.29, 0.717) is 12.1 Å². The molecule has 0 spiro atoms. The van der Waals surface area contributed by atoms with Crippen LogP contribution in [-0.4, -0.2) is 10.9 Å². The molecule has 0 saturated carbocycles. The molecule has 3 heteroatoms. The fourth-order valence-corrected chi connectivity index (χ4v) is 1.49. The Kier molecular flexibility index (Phi) is 2.04. The minimum atomic E-state index is 0.332. The monoisotopic (exact) mass is 184 g/mol. The van der Waals surface area contributed by atoms with Crippen molar-refractivity contribution in [3.05, 3.63) is 36.0 Å². The number of nitriles is 1. The number of aromatic nitrogens is 1. The summed E-state index contributed by atoms with van der Waals surface area (Å²) in [4.78, 5) is 10.4. The van der Waals surface area contributed by atoms with Gasteiger partial charge in [-0.3, -0.25) is 0 Å². The minimum absolute atomic E-state index is 0.332. The van der Waals surface area contributed by atoms with E-state index >= 15 is 0 Å². The lowest BCUT2D eigenvalue weighted by Crippen LogP contribution is -1.96. The Morgan fingerprint density at radius 1 is 1.43 bits per heavy atom. The van der Waals surface area contributed by atoms with Gasteiger partial charge in [0.15, 0.2) is 0 Å². The summed E-state index contributed by atoms with van der Waals surface area (Å²) >= 11 is 0. The molecule has 0 unspecified atom stereocenters. The summed E-state index contributed by atoms with van der Waals surface area (Å²) in [5.41, 5.74) is 1.54. The van der Waals surface area contributed by atoms with Crippen LogP contribution in [0.2, 0.25) is 0 Å². The maximum Gasteiger partial charge on any atom is 0.139 e. The molecular formula is C11H8N2O. The molecule has 0 radical (unpaired) electrons. The van der Waals surface area contributed by atoms with Crippen LogP contribution in [0.5, 0.6) is 0 Å². The van der Waals surface area contributed by atoms with E-state index in [4.69, 9.17) is 5.26 Å². The molecule has 14 heavy (non-hydrogen) atoms. The van der Waals surface area contributed by atoms with E-state index in [2.05, 4.69) is 6.07 Å². The number of rotatable bonds is 2. The zero-order chi connectivity index (χ0) is 9.97. The van der Waals surface area contributed by atoms with Gasteiger partial charge in [0.05, 0.1) is 18.2 Å². The summed E-state index contributed by atoms with van der Waals surface area (Å²) < 4.78 is 1.82. The maximum absolute atomic E-state index is 10.4. The lowest BCUT2D eigenvalue weighted by atomic mass is 10.2. The van der Waals surface area contributed by atoms with Gasteiger partial charge in [-0.2, -0.15) is 5.26 Å². The van der Waals surface area contributed by atoms with Crippen molar-refractivity contribution in [1.29, 1.82) is 5.26 Å². The first kappa shape index (κ1) is 8.52. The first-order chi connectivity index (χ1) is 6.85. The van der Waals surface area contributed by atoms with Gasteiger partial charge < -0.3 is 9.36 Å². The molecule has 0 saturated heterocycles. The summed E-state index contributed by atoms with van der Waals surface area (Å²) in [7, 11) is 0. The first-order valence-corrected chi connectivity index (χ1v) is 4.28. The molecule has 3 nitrogen and oxygen atoms in total. The molecule has 0 N–H and O–H groups in total. The lowest BCUT2D eigenvalue weighted by molar-refractivity contribution is -0.108. The number of benzene rings is 1. The van der Waals surface area contributed by atoms with E-state index in [1.807, 2.05) is 22.9 Å². The largest absolute Gasteiger partial charge is 0.340 e. The van der Waals surface area contributed by atoms with Gasteiger partial charge in [0.25, 0.3) is 0 Å². The Morgan fingerprint density at radius 2 is 2.29 bits per heavy atom. The molecule has 0 atom stereocenters. The van der Waals surface area contributed by atoms with E-state index in [-0.39, 0.29) is 0 Å². The van der Waals surface area contributed by atoms with Crippen LogP contribution in [-0.2, 0) is 11.3 Å². The van der Waals surface area contributed by atoms with Crippen molar-refractivity contribution in [2.75, 3.05) is 0 Å². The predicted molar refractivity (Wildman–Crippen MR) is 52.7 cm³/mol. The van der Waals surface area contributed by atoms with Crippen LogP contribution >= 0.6 is 0 Å². The third-order valence-electron chi connectivity index (χ3n) is 2.17. The molecular weight excluding hydrogens is 176 g/mol. The highest BCUT2D eigenvalue weighted by molar-refractivity contribution is 5.82. The van der Waals surface area contributed by atoms with Crippen molar-refractivity contribution in [3.8, 4) is 6.07 Å². The van der Waals surface area contributed by atoms with Crippen molar-refractivity contribution in [2.45, 2.75) is 6.54 Å². The Balaban J connectivity index is 2.64. The normalized spacial score (nSPS) is 9.93. The molecule has 0 fully saturated rings. The number of hydrogen-bond donors (Lipinski definition) is 0. The van der Waals surface area contributed by atoms with E-state index in [9.17, 15) is 4.79 Å². The van der Waals surface area contributed by atoms with Gasteiger partial charge in [0, 0.05) is 11.7 Å². The second kappa shape index (κ2) is 3.35. The van der Waals surface area contributed by atoms with Crippen LogP contribution in [0.3, 0.4) is 0 Å². The number of carbonyl (C=O) groups excluding carboxylic acids is 1. The number of carbonyl (C=O) groups is 1. The van der Waals surface area contributed by atoms with Crippen molar-refractivity contribution in [2.24, 2.45) is 0 Å². The fourth-order valence-electron chi connectivity index (χ4n) is 1.49. The van der Waals surface area contributed by atoms with Gasteiger partial charge in [-0.1, -0.05) is 6.07 Å². The minimum Gasteiger partial charge on any atom is -0.340 e. The van der Waals surface area contributed by atoms with Crippen molar-refractivity contribution in [1.82, 2.24) is 4.57 Å². The molecule has 1 heterocycles. The van der Waals surface area contributed by atoms with Crippen LogP contribution in [0.4, 0.5) is 0 Å². The van der Waals surface area contributed by atoms with E-state index in [0.717, 1.165) is 17.2 Å². The molecule has 0 aliphatic heterocycles. The Bertz CT molecular complexity index is 520. The van der Waals surface area contributed by atoms with Crippen molar-refractivity contribution < 1.29 is 4.79 Å². The highest BCUT2D eigenvalue weighted by atomic mass is 16.1. The van der Waals surface area contributed by atoms with Crippen LogP contribution < -0.4 is 0 Å². The number of aldehydes is 1. The summed E-state index contributed by atoms with van der Waals surface area (Å²) in [5, 5.41) is 9.77. The zero-order valence-corrected chi connectivity index (χ0v) is 7.47. The molecule has 2 aromatic rings. The summed E-state index contributed by atoms with van der Waals surface area (Å²) in [6.45, 7) is 0.332. The SMILES string of the molecule is N#Cc1ccc2ccn(CC=O)c2c1. The topological polar surface area (TPSA) is 45.8 Å². The second-order valence-corrected chi connectivity index (χ2v) is 3.02. The zero-order valence-electron chi connectivity index (χ0n) is 7.47. The quantitative estimate of drug-likeness (QED) is 0.667. The first-order valence-electron chi connectivity index (χ1n) is 4.28. The summed E-state index contributed by atoms with van der Waals surface area (Å²) in [6, 6.07) is 9.45. The van der Waals surface area contributed by atoms with Crippen LogP contribution in [0, 0.1) is 11.3 Å². The van der Waals surface area contributed by atoms with Gasteiger partial charge >= 0.3 is 0 Å². The van der Waals surface area contributed by atoms with Crippen molar-refractivity contribution in [3.63, 3.8) is 0 Å². The number of fused-ring (bicyclic) bond motifs is 1. The second-order valence-electron chi connectivity index (χ2n) is 3.02. The number of hydrogen-bond acceptors (Lipinski definition) is 2. The molecule has 0 amide bonds. The Morgan fingerprint density at radius 3 is 3.00 bits per heavy atom. The molecule has 1 aromatic carbocycles. The smallest absolute Gasteiger partial charge is 0.139 e. The Hall–Kier alpha value is -2.08. The standard InChI is InChI=1S/C11H8N2O/c12-8-9-1-2-10-3-4-13(5-6-14)11(10)7-9/h1-4,6-7H,5H2. The maximum atomic E-state index is 10.4. The summed E-state index contributed by atoms with van der Waals surface area (Å²) in [6.07, 6.45) is 2.69. The molecule has 1 aromatic heterocycles. The van der Waals surface area contributed by atoms with Gasteiger partial charge in [0.2, 0.25) is 0 Å². The molecule has 0 aliphatic rings. The van der Waals surface area contributed by atoms with E-state index in [1.165, 1.54) is 0 Å². The van der Waals surface area contributed by atoms with E-state index < -0.39 is 0 Å². The molecule has 0 aliphatic carbocycles. The van der Waals surface area contributed by atoms with E-state index in [1.54, 1.807) is 12.1 Å². The molecule has 68 valence electrons. The Labute approximate surface area is 81.2 Å². The third-order valence-corrected chi connectivity index (χ3v) is 2.17. The van der Waals surface area contributed by atoms with Gasteiger partial charge in [-0.25, -0.2) is 0 Å². The van der Waals surface area contributed by atoms with Crippen LogP contribution in [0.15, 0.2) is 30.5 Å². The van der Waals surface area contributed by atoms with Gasteiger partial charge in [-0.15, -0.1) is 0 Å². The lowest BCUT2D eigenvalue weighted by Gasteiger charge is -1.99. The average molecular weight is 184 g/mol. The van der Waals surface area contributed by atoms with Gasteiger partial charge in [0.1, 0.15) is 6.29 Å². The summed E-state index contributed by atoms with van der Waals surface area (Å²) in [5.74, 6) is 0. The highest BCUT2D eigenvalue weighted by Gasteiger charge is 2.00. The fraction of sp³-hybridized carbons (Fsp3) is 0.0909. The van der Waals surface area contributed by atoms with Crippen LogP contribution in [0.1, 0.15) is 5.56 Å². The highest BCUT2D eigenvalue weighted by Crippen LogP contribution is 2.16. The predicted octanol–water partition coefficient (Wildman–Crippen LogP) is 1.71. The van der Waals surface area contributed by atoms with Crippen molar-refractivity contribution >= 4 is 17.2 Å². The average Bonchev–Trinajstić information content (AvgIpc) is 2.61. The third kappa shape index (κ3) is 1.27. The number of nitrogens with zero attached hydrogens (tertiary/aromatic N) is 2.